The highest BCUT2D eigenvalue weighted by atomic mass is 32.2. The van der Waals surface area contributed by atoms with Crippen molar-refractivity contribution >= 4 is 24.1 Å². The number of non-ortho nitro benzene ring substituents is 1. The largest absolute Gasteiger partial charge is 0.416 e. The van der Waals surface area contributed by atoms with Crippen molar-refractivity contribution in [1.29, 1.82) is 0 Å². The molecule has 0 aliphatic heterocycles. The summed E-state index contributed by atoms with van der Waals surface area (Å²) in [7, 11) is -6.62. The molecule has 0 spiro atoms. The van der Waals surface area contributed by atoms with Gasteiger partial charge in [0.1, 0.15) is 0 Å². The molecule has 1 aromatic rings. The molecule has 28 heavy (non-hydrogen) atoms. The zero-order valence-corrected chi connectivity index (χ0v) is 18.3. The molecule has 0 heterocycles. The SMILES string of the molecule is CC(C)(C)[Si](C)(C)OC[C@@]1(COS(=O)(=O)c2ccc([N+](=O)[O-])cc2)CC1(F)F. The number of nitrogens with zero attached hydrogens (tertiary/aromatic N) is 1. The van der Waals surface area contributed by atoms with Gasteiger partial charge in [-0.3, -0.25) is 14.3 Å². The Morgan fingerprint density at radius 1 is 1.18 bits per heavy atom. The maximum absolute atomic E-state index is 14.0. The Hall–Kier alpha value is -1.43. The number of hydrogen-bond donors (Lipinski definition) is 0. The molecule has 0 amide bonds. The summed E-state index contributed by atoms with van der Waals surface area (Å²) in [5.74, 6) is -3.07. The first kappa shape index (κ1) is 22.9. The molecule has 1 aromatic carbocycles. The summed E-state index contributed by atoms with van der Waals surface area (Å²) in [6.45, 7) is 8.79. The van der Waals surface area contributed by atoms with Gasteiger partial charge in [-0.1, -0.05) is 20.8 Å². The van der Waals surface area contributed by atoms with E-state index in [9.17, 15) is 27.3 Å². The van der Waals surface area contributed by atoms with Crippen molar-refractivity contribution in [3.8, 4) is 0 Å². The van der Waals surface area contributed by atoms with Crippen LogP contribution in [0.3, 0.4) is 0 Å². The van der Waals surface area contributed by atoms with Crippen LogP contribution in [0.2, 0.25) is 18.1 Å². The van der Waals surface area contributed by atoms with Gasteiger partial charge in [0.2, 0.25) is 0 Å². The Morgan fingerprint density at radius 2 is 1.68 bits per heavy atom. The first-order valence-electron chi connectivity index (χ1n) is 8.69. The summed E-state index contributed by atoms with van der Waals surface area (Å²) >= 11 is 0. The van der Waals surface area contributed by atoms with Gasteiger partial charge in [-0.05, 0) is 30.3 Å². The molecule has 2 rings (SSSR count). The fraction of sp³-hybridized carbons (Fsp3) is 0.647. The molecular formula is C17H25F2NO6SSi. The predicted octanol–water partition coefficient (Wildman–Crippen LogP) is 4.35. The first-order valence-corrected chi connectivity index (χ1v) is 13.0. The maximum Gasteiger partial charge on any atom is 0.297 e. The third kappa shape index (κ3) is 4.58. The average Bonchev–Trinajstić information content (AvgIpc) is 3.12. The van der Waals surface area contributed by atoms with Crippen LogP contribution in [0.5, 0.6) is 0 Å². The van der Waals surface area contributed by atoms with Crippen molar-refractivity contribution in [3.63, 3.8) is 0 Å². The van der Waals surface area contributed by atoms with E-state index in [2.05, 4.69) is 0 Å². The summed E-state index contributed by atoms with van der Waals surface area (Å²) in [6.07, 6.45) is -0.510. The zero-order valence-electron chi connectivity index (χ0n) is 16.5. The topological polar surface area (TPSA) is 95.7 Å². The van der Waals surface area contributed by atoms with Gasteiger partial charge < -0.3 is 4.43 Å². The van der Waals surface area contributed by atoms with Crippen molar-refractivity contribution in [2.75, 3.05) is 13.2 Å². The normalized spacial score (nSPS) is 22.1. The highest BCUT2D eigenvalue weighted by molar-refractivity contribution is 7.86. The van der Waals surface area contributed by atoms with Crippen LogP contribution in [0.4, 0.5) is 14.5 Å². The molecule has 0 bridgehead atoms. The standard InChI is InChI=1S/C17H25F2NO6SSi/c1-15(2,3)28(4,5)26-12-16(10-17(16,18)19)11-25-27(23,24)14-8-6-13(7-9-14)20(21)22/h6-9H,10-12H2,1-5H3/t16-/m0/s1. The number of alkyl halides is 2. The van der Waals surface area contributed by atoms with Crippen molar-refractivity contribution in [3.05, 3.63) is 34.4 Å². The summed E-state index contributed by atoms with van der Waals surface area (Å²) < 4.78 is 63.4. The van der Waals surface area contributed by atoms with E-state index in [1.54, 1.807) is 0 Å². The van der Waals surface area contributed by atoms with Crippen molar-refractivity contribution in [2.24, 2.45) is 5.41 Å². The molecule has 1 saturated carbocycles. The van der Waals surface area contributed by atoms with Crippen molar-refractivity contribution in [2.45, 2.75) is 56.1 Å². The van der Waals surface area contributed by atoms with Gasteiger partial charge in [0.15, 0.2) is 8.32 Å². The minimum absolute atomic E-state index is 0.177. The second-order valence-corrected chi connectivity index (χ2v) is 15.1. The van der Waals surface area contributed by atoms with E-state index in [0.29, 0.717) is 0 Å². The Balaban J connectivity index is 2.10. The van der Waals surface area contributed by atoms with Crippen LogP contribution in [0.15, 0.2) is 29.2 Å². The quantitative estimate of drug-likeness (QED) is 0.260. The molecule has 0 saturated heterocycles. The van der Waals surface area contributed by atoms with Gasteiger partial charge in [-0.2, -0.15) is 8.42 Å². The Kier molecular flexibility index (Phi) is 5.81. The van der Waals surface area contributed by atoms with Crippen LogP contribution in [0.25, 0.3) is 0 Å². The summed E-state index contributed by atoms with van der Waals surface area (Å²) in [6, 6.07) is 4.05. The number of rotatable bonds is 8. The Labute approximate surface area is 164 Å². The lowest BCUT2D eigenvalue weighted by Gasteiger charge is -2.37. The maximum atomic E-state index is 14.0. The van der Waals surface area contributed by atoms with Crippen LogP contribution in [0.1, 0.15) is 27.2 Å². The number of nitro benzene ring substituents is 1. The van der Waals surface area contributed by atoms with E-state index >= 15 is 0 Å². The van der Waals surface area contributed by atoms with Gasteiger partial charge in [0, 0.05) is 25.2 Å². The van der Waals surface area contributed by atoms with Crippen LogP contribution in [-0.4, -0.2) is 40.8 Å². The minimum Gasteiger partial charge on any atom is -0.416 e. The van der Waals surface area contributed by atoms with Gasteiger partial charge in [-0.15, -0.1) is 0 Å². The second-order valence-electron chi connectivity index (χ2n) is 8.68. The van der Waals surface area contributed by atoms with Crippen LogP contribution < -0.4 is 0 Å². The van der Waals surface area contributed by atoms with E-state index in [0.717, 1.165) is 24.3 Å². The fourth-order valence-electron chi connectivity index (χ4n) is 2.26. The van der Waals surface area contributed by atoms with Crippen molar-refractivity contribution < 1.29 is 30.7 Å². The van der Waals surface area contributed by atoms with E-state index in [4.69, 9.17) is 8.61 Å². The molecule has 1 atom stereocenters. The number of nitro groups is 1. The van der Waals surface area contributed by atoms with E-state index in [1.165, 1.54) is 0 Å². The average molecular weight is 438 g/mol. The highest BCUT2D eigenvalue weighted by Gasteiger charge is 2.72. The molecule has 0 aromatic heterocycles. The summed E-state index contributed by atoms with van der Waals surface area (Å²) in [4.78, 5) is 9.65. The lowest BCUT2D eigenvalue weighted by molar-refractivity contribution is -0.384. The van der Waals surface area contributed by atoms with Gasteiger partial charge in [-0.25, -0.2) is 8.78 Å². The van der Waals surface area contributed by atoms with Gasteiger partial charge in [0.25, 0.3) is 21.7 Å². The van der Waals surface area contributed by atoms with Crippen LogP contribution in [0, 0.1) is 15.5 Å². The lowest BCUT2D eigenvalue weighted by Crippen LogP contribution is -2.43. The molecule has 0 N–H and O–H groups in total. The number of benzene rings is 1. The van der Waals surface area contributed by atoms with Crippen molar-refractivity contribution in [1.82, 2.24) is 0 Å². The smallest absolute Gasteiger partial charge is 0.297 e. The third-order valence-corrected chi connectivity index (χ3v) is 11.3. The Bertz CT molecular complexity index is 851. The van der Waals surface area contributed by atoms with Gasteiger partial charge in [0.05, 0.1) is 21.8 Å². The predicted molar refractivity (Wildman–Crippen MR) is 101 cm³/mol. The molecule has 1 aliphatic carbocycles. The summed E-state index contributed by atoms with van der Waals surface area (Å²) in [5, 5.41) is 10.5. The molecule has 1 fully saturated rings. The molecule has 1 aliphatic rings. The summed E-state index contributed by atoms with van der Waals surface area (Å²) in [5.41, 5.74) is -1.97. The third-order valence-electron chi connectivity index (χ3n) is 5.55. The molecule has 0 radical (unpaired) electrons. The zero-order chi connectivity index (χ0) is 21.6. The van der Waals surface area contributed by atoms with E-state index in [-0.39, 0.29) is 22.2 Å². The van der Waals surface area contributed by atoms with Crippen LogP contribution in [-0.2, 0) is 18.7 Å². The highest BCUT2D eigenvalue weighted by Crippen LogP contribution is 2.61. The minimum atomic E-state index is -4.33. The van der Waals surface area contributed by atoms with E-state index in [1.807, 2.05) is 33.9 Å². The monoisotopic (exact) mass is 437 g/mol. The molecular weight excluding hydrogens is 412 g/mol. The first-order chi connectivity index (χ1) is 12.5. The lowest BCUT2D eigenvalue weighted by atomic mass is 10.1. The number of hydrogen-bond acceptors (Lipinski definition) is 6. The molecule has 158 valence electrons. The number of halogens is 2. The second kappa shape index (κ2) is 7.12. The molecule has 0 unspecified atom stereocenters. The van der Waals surface area contributed by atoms with Crippen LogP contribution >= 0.6 is 0 Å². The molecule has 11 heteroatoms. The fourth-order valence-corrected chi connectivity index (χ4v) is 4.32. The van der Waals surface area contributed by atoms with Gasteiger partial charge >= 0.3 is 0 Å². The van der Waals surface area contributed by atoms with E-state index < -0.39 is 47.7 Å². The Morgan fingerprint density at radius 3 is 2.07 bits per heavy atom. The molecule has 7 nitrogen and oxygen atoms in total.